The van der Waals surface area contributed by atoms with E-state index in [-0.39, 0.29) is 11.9 Å². The van der Waals surface area contributed by atoms with Crippen molar-refractivity contribution >= 4 is 35.1 Å². The highest BCUT2D eigenvalue weighted by Crippen LogP contribution is 2.22. The predicted molar refractivity (Wildman–Crippen MR) is 95.5 cm³/mol. The van der Waals surface area contributed by atoms with Crippen molar-refractivity contribution in [3.05, 3.63) is 63.9 Å². The summed E-state index contributed by atoms with van der Waals surface area (Å²) in [6.07, 6.45) is 2.48. The predicted octanol–water partition coefficient (Wildman–Crippen LogP) is 4.10. The van der Waals surface area contributed by atoms with E-state index in [4.69, 9.17) is 27.9 Å². The van der Waals surface area contributed by atoms with Crippen molar-refractivity contribution < 1.29 is 9.53 Å². The minimum atomic E-state index is -0.371. The van der Waals surface area contributed by atoms with Gasteiger partial charge in [-0.2, -0.15) is 0 Å². The molecular weight excluding hydrogens is 349 g/mol. The van der Waals surface area contributed by atoms with E-state index >= 15 is 0 Å². The van der Waals surface area contributed by atoms with Crippen molar-refractivity contribution in [3.8, 4) is 0 Å². The van der Waals surface area contributed by atoms with Crippen LogP contribution in [0.3, 0.4) is 0 Å². The summed E-state index contributed by atoms with van der Waals surface area (Å²) < 4.78 is 5.49. The van der Waals surface area contributed by atoms with E-state index in [2.05, 4.69) is 15.3 Å². The minimum Gasteiger partial charge on any atom is -0.465 e. The molecule has 1 amide bonds. The van der Waals surface area contributed by atoms with Gasteiger partial charge in [0.05, 0.1) is 28.9 Å². The Hall–Kier alpha value is -2.11. The summed E-state index contributed by atoms with van der Waals surface area (Å²) in [7, 11) is 0. The van der Waals surface area contributed by atoms with E-state index in [1.165, 1.54) is 6.07 Å². The SMILES string of the molecule is CCCOC(=NCc1ccccn1)NC(=O)c1ccc(Cl)c(Cl)c1. The van der Waals surface area contributed by atoms with Crippen molar-refractivity contribution in [2.75, 3.05) is 6.61 Å². The number of nitrogens with zero attached hydrogens (tertiary/aromatic N) is 2. The lowest BCUT2D eigenvalue weighted by Gasteiger charge is -2.10. The maximum atomic E-state index is 12.3. The molecule has 1 aromatic carbocycles. The molecular formula is C17H17Cl2N3O2. The molecule has 0 atom stereocenters. The summed E-state index contributed by atoms with van der Waals surface area (Å²) in [5, 5.41) is 3.34. The minimum absolute atomic E-state index is 0.151. The number of ether oxygens (including phenoxy) is 1. The molecule has 126 valence electrons. The highest BCUT2D eigenvalue weighted by molar-refractivity contribution is 6.42. The van der Waals surface area contributed by atoms with Crippen LogP contribution in [0, 0.1) is 0 Å². The van der Waals surface area contributed by atoms with Crippen LogP contribution >= 0.6 is 23.2 Å². The number of benzene rings is 1. The fraction of sp³-hybridized carbons (Fsp3) is 0.235. The van der Waals surface area contributed by atoms with E-state index in [0.717, 1.165) is 12.1 Å². The lowest BCUT2D eigenvalue weighted by Crippen LogP contribution is -2.33. The molecule has 0 saturated heterocycles. The molecule has 0 unspecified atom stereocenters. The molecule has 24 heavy (non-hydrogen) atoms. The number of carbonyl (C=O) groups is 1. The lowest BCUT2D eigenvalue weighted by atomic mass is 10.2. The summed E-state index contributed by atoms with van der Waals surface area (Å²) in [5.74, 6) is -0.371. The Morgan fingerprint density at radius 3 is 2.75 bits per heavy atom. The molecule has 5 nitrogen and oxygen atoms in total. The number of rotatable bonds is 5. The summed E-state index contributed by atoms with van der Waals surface area (Å²) in [4.78, 5) is 20.8. The summed E-state index contributed by atoms with van der Waals surface area (Å²) >= 11 is 11.8. The van der Waals surface area contributed by atoms with Gasteiger partial charge in [0, 0.05) is 11.8 Å². The molecule has 2 aromatic rings. The smallest absolute Gasteiger partial charge is 0.292 e. The molecule has 0 aliphatic carbocycles. The standard InChI is InChI=1S/C17H17Cl2N3O2/c1-2-9-24-17(21-11-13-5-3-4-8-20-13)22-16(23)12-6-7-14(18)15(19)10-12/h3-8,10H,2,9,11H2,1H3,(H,21,22,23). The molecule has 0 bridgehead atoms. The van der Waals surface area contributed by atoms with Gasteiger partial charge < -0.3 is 4.74 Å². The first-order chi connectivity index (χ1) is 11.6. The van der Waals surface area contributed by atoms with Crippen molar-refractivity contribution in [1.82, 2.24) is 10.3 Å². The first-order valence-electron chi connectivity index (χ1n) is 7.43. The van der Waals surface area contributed by atoms with Crippen molar-refractivity contribution in [3.63, 3.8) is 0 Å². The number of pyridine rings is 1. The first kappa shape index (κ1) is 18.2. The van der Waals surface area contributed by atoms with Crippen LogP contribution in [0.25, 0.3) is 0 Å². The number of nitrogens with one attached hydrogen (secondary N) is 1. The molecule has 0 spiro atoms. The number of amides is 1. The Balaban J connectivity index is 2.09. The summed E-state index contributed by atoms with van der Waals surface area (Å²) in [6, 6.07) is 10.3. The zero-order valence-electron chi connectivity index (χ0n) is 13.1. The zero-order valence-corrected chi connectivity index (χ0v) is 14.6. The van der Waals surface area contributed by atoms with Crippen molar-refractivity contribution in [2.45, 2.75) is 19.9 Å². The van der Waals surface area contributed by atoms with Gasteiger partial charge in [0.2, 0.25) is 0 Å². The van der Waals surface area contributed by atoms with E-state index in [1.807, 2.05) is 25.1 Å². The van der Waals surface area contributed by atoms with E-state index in [1.54, 1.807) is 18.3 Å². The molecule has 0 radical (unpaired) electrons. The Kier molecular flexibility index (Phi) is 7.03. The second-order valence-electron chi connectivity index (χ2n) is 4.87. The molecule has 1 aromatic heterocycles. The average molecular weight is 366 g/mol. The van der Waals surface area contributed by atoms with Gasteiger partial charge in [-0.15, -0.1) is 0 Å². The maximum Gasteiger partial charge on any atom is 0.292 e. The van der Waals surface area contributed by atoms with Gasteiger partial charge >= 0.3 is 0 Å². The first-order valence-corrected chi connectivity index (χ1v) is 8.19. The molecule has 0 saturated carbocycles. The van der Waals surface area contributed by atoms with Crippen LogP contribution in [-0.2, 0) is 11.3 Å². The molecule has 0 fully saturated rings. The fourth-order valence-corrected chi connectivity index (χ4v) is 2.07. The number of aromatic nitrogens is 1. The fourth-order valence-electron chi connectivity index (χ4n) is 1.77. The van der Waals surface area contributed by atoms with E-state index < -0.39 is 0 Å². The Morgan fingerprint density at radius 2 is 2.08 bits per heavy atom. The molecule has 1 heterocycles. The van der Waals surface area contributed by atoms with Gasteiger partial charge in [-0.25, -0.2) is 4.99 Å². The Morgan fingerprint density at radius 1 is 1.25 bits per heavy atom. The zero-order chi connectivity index (χ0) is 17.4. The monoisotopic (exact) mass is 365 g/mol. The average Bonchev–Trinajstić information content (AvgIpc) is 2.60. The van der Waals surface area contributed by atoms with Gasteiger partial charge in [-0.05, 0) is 36.8 Å². The van der Waals surface area contributed by atoms with E-state index in [9.17, 15) is 4.79 Å². The number of aliphatic imine (C=N–C) groups is 1. The maximum absolute atomic E-state index is 12.3. The number of amidine groups is 1. The van der Waals surface area contributed by atoms with Crippen molar-refractivity contribution in [2.24, 2.45) is 4.99 Å². The Bertz CT molecular complexity index is 721. The lowest BCUT2D eigenvalue weighted by molar-refractivity contribution is 0.0965. The quantitative estimate of drug-likeness (QED) is 0.640. The highest BCUT2D eigenvalue weighted by Gasteiger charge is 2.11. The normalized spacial score (nSPS) is 11.2. The highest BCUT2D eigenvalue weighted by atomic mass is 35.5. The van der Waals surface area contributed by atoms with Crippen LogP contribution in [-0.4, -0.2) is 23.5 Å². The molecule has 0 aliphatic heterocycles. The number of halogens is 2. The summed E-state index contributed by atoms with van der Waals surface area (Å²) in [5.41, 5.74) is 1.15. The van der Waals surface area contributed by atoms with Gasteiger partial charge in [0.25, 0.3) is 11.9 Å². The van der Waals surface area contributed by atoms with Crippen molar-refractivity contribution in [1.29, 1.82) is 0 Å². The third-order valence-corrected chi connectivity index (χ3v) is 3.69. The molecule has 7 heteroatoms. The van der Waals surface area contributed by atoms with Crippen LogP contribution in [0.15, 0.2) is 47.6 Å². The summed E-state index contributed by atoms with van der Waals surface area (Å²) in [6.45, 7) is 2.72. The van der Waals surface area contributed by atoms with Crippen LogP contribution in [0.1, 0.15) is 29.4 Å². The molecule has 1 N–H and O–H groups in total. The third-order valence-electron chi connectivity index (χ3n) is 2.96. The van der Waals surface area contributed by atoms with E-state index in [0.29, 0.717) is 28.8 Å². The Labute approximate surface area is 150 Å². The molecule has 2 rings (SSSR count). The van der Waals surface area contributed by atoms with Gasteiger partial charge in [0.1, 0.15) is 0 Å². The van der Waals surface area contributed by atoms with Crippen LogP contribution < -0.4 is 5.32 Å². The second kappa shape index (κ2) is 9.25. The van der Waals surface area contributed by atoms with Crippen LogP contribution in [0.5, 0.6) is 0 Å². The second-order valence-corrected chi connectivity index (χ2v) is 5.69. The largest absolute Gasteiger partial charge is 0.465 e. The number of carbonyl (C=O) groups excluding carboxylic acids is 1. The third kappa shape index (κ3) is 5.51. The number of hydrogen-bond donors (Lipinski definition) is 1. The van der Waals surface area contributed by atoms with Gasteiger partial charge in [-0.1, -0.05) is 36.2 Å². The van der Waals surface area contributed by atoms with Crippen LogP contribution in [0.4, 0.5) is 0 Å². The topological polar surface area (TPSA) is 63.6 Å². The molecule has 0 aliphatic rings. The van der Waals surface area contributed by atoms with Crippen LogP contribution in [0.2, 0.25) is 10.0 Å². The van der Waals surface area contributed by atoms with Gasteiger partial charge in [-0.3, -0.25) is 15.1 Å². The number of hydrogen-bond acceptors (Lipinski definition) is 4. The van der Waals surface area contributed by atoms with Gasteiger partial charge in [0.15, 0.2) is 0 Å².